The summed E-state index contributed by atoms with van der Waals surface area (Å²) in [7, 11) is 0. The summed E-state index contributed by atoms with van der Waals surface area (Å²) in [5, 5.41) is 19.4. The molecule has 5 nitrogen and oxygen atoms in total. The van der Waals surface area contributed by atoms with Crippen molar-refractivity contribution in [2.45, 2.75) is 43.9 Å². The highest BCUT2D eigenvalue weighted by Gasteiger charge is 2.49. The quantitative estimate of drug-likeness (QED) is 0.727. The van der Waals surface area contributed by atoms with Gasteiger partial charge in [-0.25, -0.2) is 4.39 Å². The van der Waals surface area contributed by atoms with Crippen molar-refractivity contribution >= 4 is 5.91 Å². The Labute approximate surface area is 188 Å². The zero-order chi connectivity index (χ0) is 22.7. The number of hydrogen-bond donors (Lipinski definition) is 2. The Kier molecular flexibility index (Phi) is 6.90. The number of hydrogen-bond acceptors (Lipinski definition) is 4. The van der Waals surface area contributed by atoms with Gasteiger partial charge in [0, 0.05) is 42.2 Å². The Morgan fingerprint density at radius 2 is 1.94 bits per heavy atom. The zero-order valence-corrected chi connectivity index (χ0v) is 18.2. The number of carbonyl (C=O) groups excluding carboxylic acids is 1. The van der Waals surface area contributed by atoms with Crippen molar-refractivity contribution < 1.29 is 19.4 Å². The number of aliphatic hydroxyl groups excluding tert-OH is 2. The lowest BCUT2D eigenvalue weighted by Crippen LogP contribution is -2.67. The van der Waals surface area contributed by atoms with Crippen LogP contribution in [0.4, 0.5) is 4.39 Å². The van der Waals surface area contributed by atoms with Gasteiger partial charge in [-0.3, -0.25) is 9.69 Å². The van der Waals surface area contributed by atoms with Gasteiger partial charge in [-0.2, -0.15) is 0 Å². The Hall–Kier alpha value is -2.72. The summed E-state index contributed by atoms with van der Waals surface area (Å²) < 4.78 is 13.7. The number of aliphatic hydroxyl groups is 2. The molecule has 2 N–H and O–H groups in total. The van der Waals surface area contributed by atoms with Gasteiger partial charge in [0.25, 0.3) is 5.91 Å². The minimum absolute atomic E-state index is 0.0126. The molecule has 4 rings (SSSR count). The molecule has 32 heavy (non-hydrogen) atoms. The van der Waals surface area contributed by atoms with E-state index in [1.165, 1.54) is 12.1 Å². The van der Waals surface area contributed by atoms with Crippen molar-refractivity contribution in [1.29, 1.82) is 0 Å². The Bertz CT molecular complexity index is 1010. The summed E-state index contributed by atoms with van der Waals surface area (Å²) in [6.07, 6.45) is 1.15. The van der Waals surface area contributed by atoms with Crippen LogP contribution in [-0.4, -0.2) is 70.3 Å². The lowest BCUT2D eigenvalue weighted by Gasteiger charge is -2.57. The summed E-state index contributed by atoms with van der Waals surface area (Å²) >= 11 is 0. The standard InChI is InChI=1S/C26H29FN2O3/c1-18(31)7-8-19-9-11-20(12-10-19)25-23-16-28(13-2-3-14-29(23)24(25)17-30)26(32)21-5-4-6-22(27)15-21/h4-6,9-12,15,18,23-25,30-31H,2-3,13-14,16-17H2,1H3/t18-,23-,24-,25-/m0/s1. The first-order chi connectivity index (χ1) is 15.5. The average molecular weight is 437 g/mol. The Morgan fingerprint density at radius 1 is 1.19 bits per heavy atom. The molecule has 168 valence electrons. The number of nitrogens with zero attached hydrogens (tertiary/aromatic N) is 2. The highest BCUT2D eigenvalue weighted by atomic mass is 19.1. The molecule has 0 saturated carbocycles. The minimum Gasteiger partial charge on any atom is -0.395 e. The molecule has 2 aromatic rings. The fourth-order valence-electron chi connectivity index (χ4n) is 4.91. The van der Waals surface area contributed by atoms with Crippen molar-refractivity contribution in [3.05, 3.63) is 71.0 Å². The van der Waals surface area contributed by atoms with Gasteiger partial charge < -0.3 is 15.1 Å². The molecule has 0 aliphatic carbocycles. The molecule has 1 amide bonds. The third-order valence-corrected chi connectivity index (χ3v) is 6.45. The third-order valence-electron chi connectivity index (χ3n) is 6.45. The molecule has 0 aromatic heterocycles. The lowest BCUT2D eigenvalue weighted by molar-refractivity contribution is -0.0606. The van der Waals surface area contributed by atoms with Crippen LogP contribution in [0.3, 0.4) is 0 Å². The van der Waals surface area contributed by atoms with Gasteiger partial charge in [-0.1, -0.05) is 30.0 Å². The van der Waals surface area contributed by atoms with Crippen molar-refractivity contribution in [3.63, 3.8) is 0 Å². The van der Waals surface area contributed by atoms with Gasteiger partial charge in [0.05, 0.1) is 6.61 Å². The van der Waals surface area contributed by atoms with Gasteiger partial charge in [0.15, 0.2) is 0 Å². The average Bonchev–Trinajstić information content (AvgIpc) is 2.77. The molecule has 2 aliphatic heterocycles. The maximum absolute atomic E-state index is 13.7. The second-order valence-corrected chi connectivity index (χ2v) is 8.62. The van der Waals surface area contributed by atoms with E-state index in [9.17, 15) is 19.4 Å². The van der Waals surface area contributed by atoms with Crippen molar-refractivity contribution in [1.82, 2.24) is 9.80 Å². The van der Waals surface area contributed by atoms with E-state index in [2.05, 4.69) is 16.7 Å². The normalized spacial score (nSPS) is 24.2. The molecule has 2 aliphatic rings. The van der Waals surface area contributed by atoms with Gasteiger partial charge in [-0.15, -0.1) is 0 Å². The summed E-state index contributed by atoms with van der Waals surface area (Å²) in [5.41, 5.74) is 2.30. The first-order valence-corrected chi connectivity index (χ1v) is 11.2. The summed E-state index contributed by atoms with van der Waals surface area (Å²) in [6.45, 7) is 3.76. The first-order valence-electron chi connectivity index (χ1n) is 11.2. The van der Waals surface area contributed by atoms with Crippen LogP contribution in [0.1, 0.15) is 47.2 Å². The van der Waals surface area contributed by atoms with E-state index in [-0.39, 0.29) is 30.5 Å². The molecular weight excluding hydrogens is 407 g/mol. The van der Waals surface area contributed by atoms with E-state index < -0.39 is 11.9 Å². The van der Waals surface area contributed by atoms with Crippen LogP contribution in [0.5, 0.6) is 0 Å². The number of fused-ring (bicyclic) bond motifs is 1. The predicted molar refractivity (Wildman–Crippen MR) is 121 cm³/mol. The molecule has 0 bridgehead atoms. The molecular formula is C26H29FN2O3. The number of rotatable bonds is 3. The van der Waals surface area contributed by atoms with Crippen LogP contribution in [0.25, 0.3) is 0 Å². The van der Waals surface area contributed by atoms with E-state index in [0.29, 0.717) is 18.7 Å². The third kappa shape index (κ3) is 4.71. The Balaban J connectivity index is 1.56. The molecule has 2 heterocycles. The van der Waals surface area contributed by atoms with Gasteiger partial charge >= 0.3 is 0 Å². The summed E-state index contributed by atoms with van der Waals surface area (Å²) in [6, 6.07) is 13.9. The van der Waals surface area contributed by atoms with E-state index >= 15 is 0 Å². The smallest absolute Gasteiger partial charge is 0.254 e. The van der Waals surface area contributed by atoms with Crippen molar-refractivity contribution in [2.24, 2.45) is 0 Å². The number of benzene rings is 2. The van der Waals surface area contributed by atoms with E-state index in [1.807, 2.05) is 29.2 Å². The second-order valence-electron chi connectivity index (χ2n) is 8.62. The Morgan fingerprint density at radius 3 is 2.62 bits per heavy atom. The van der Waals surface area contributed by atoms with Gasteiger partial charge in [-0.05, 0) is 62.2 Å². The van der Waals surface area contributed by atoms with Gasteiger partial charge in [0.1, 0.15) is 11.9 Å². The van der Waals surface area contributed by atoms with Crippen LogP contribution < -0.4 is 0 Å². The summed E-state index contributed by atoms with van der Waals surface area (Å²) in [5.74, 6) is 5.22. The maximum Gasteiger partial charge on any atom is 0.254 e. The highest BCUT2D eigenvalue weighted by molar-refractivity contribution is 5.94. The predicted octanol–water partition coefficient (Wildman–Crippen LogP) is 2.62. The topological polar surface area (TPSA) is 64.0 Å². The molecule has 6 heteroatoms. The zero-order valence-electron chi connectivity index (χ0n) is 18.2. The van der Waals surface area contributed by atoms with E-state index in [0.717, 1.165) is 30.5 Å². The van der Waals surface area contributed by atoms with E-state index in [1.54, 1.807) is 19.1 Å². The molecule has 2 fully saturated rings. The van der Waals surface area contributed by atoms with Crippen LogP contribution in [-0.2, 0) is 0 Å². The van der Waals surface area contributed by atoms with Crippen LogP contribution in [0, 0.1) is 17.7 Å². The number of carbonyl (C=O) groups is 1. The van der Waals surface area contributed by atoms with Crippen LogP contribution in [0.2, 0.25) is 0 Å². The number of amides is 1. The first kappa shape index (κ1) is 22.5. The molecule has 0 unspecified atom stereocenters. The molecule has 2 saturated heterocycles. The minimum atomic E-state index is -0.676. The second kappa shape index (κ2) is 9.83. The molecule has 0 spiro atoms. The fourth-order valence-corrected chi connectivity index (χ4v) is 4.91. The SMILES string of the molecule is C[C@H](O)C#Cc1ccc([C@@H]2[C@H](CO)N3CCCCN(C(=O)c4cccc(F)c4)C[C@@H]23)cc1. The fraction of sp³-hybridized carbons (Fsp3) is 0.423. The number of halogens is 1. The van der Waals surface area contributed by atoms with Crippen LogP contribution in [0.15, 0.2) is 48.5 Å². The highest BCUT2D eigenvalue weighted by Crippen LogP contribution is 2.42. The molecule has 0 radical (unpaired) electrons. The maximum atomic E-state index is 13.7. The molecule has 2 aromatic carbocycles. The van der Waals surface area contributed by atoms with Crippen molar-refractivity contribution in [2.75, 3.05) is 26.2 Å². The van der Waals surface area contributed by atoms with Crippen molar-refractivity contribution in [3.8, 4) is 11.8 Å². The molecule has 4 atom stereocenters. The van der Waals surface area contributed by atoms with Gasteiger partial charge in [0.2, 0.25) is 0 Å². The lowest BCUT2D eigenvalue weighted by atomic mass is 9.74. The van der Waals surface area contributed by atoms with E-state index in [4.69, 9.17) is 0 Å². The largest absolute Gasteiger partial charge is 0.395 e. The monoisotopic (exact) mass is 436 g/mol. The van der Waals surface area contributed by atoms with Crippen LogP contribution >= 0.6 is 0 Å². The summed E-state index contributed by atoms with van der Waals surface area (Å²) in [4.78, 5) is 17.2.